The summed E-state index contributed by atoms with van der Waals surface area (Å²) in [6.45, 7) is 2.05. The second-order valence-corrected chi connectivity index (χ2v) is 4.69. The van der Waals surface area contributed by atoms with E-state index in [0.717, 1.165) is 29.3 Å². The highest BCUT2D eigenvalue weighted by atomic mass is 19.1. The summed E-state index contributed by atoms with van der Waals surface area (Å²) in [6.07, 6.45) is 0. The molecule has 114 valence electrons. The topological polar surface area (TPSA) is 58.2 Å². The Balaban J connectivity index is 1.97. The lowest BCUT2D eigenvalue weighted by Gasteiger charge is -2.09. The van der Waals surface area contributed by atoms with Gasteiger partial charge in [0.2, 0.25) is 0 Å². The second-order valence-electron chi connectivity index (χ2n) is 4.69. The Hall–Kier alpha value is -2.76. The van der Waals surface area contributed by atoms with Crippen molar-refractivity contribution in [2.45, 2.75) is 13.5 Å². The van der Waals surface area contributed by atoms with Gasteiger partial charge in [-0.25, -0.2) is 8.78 Å². The first-order chi connectivity index (χ1) is 10.5. The highest BCUT2D eigenvalue weighted by Crippen LogP contribution is 2.15. The molecule has 0 aliphatic carbocycles. The Morgan fingerprint density at radius 2 is 1.77 bits per heavy atom. The molecule has 0 heterocycles. The minimum Gasteiger partial charge on any atom is -0.344 e. The fraction of sp³-hybridized carbons (Fsp3) is 0.125. The molecule has 0 aromatic heterocycles. The quantitative estimate of drug-likeness (QED) is 0.856. The largest absolute Gasteiger partial charge is 0.344 e. The van der Waals surface area contributed by atoms with Gasteiger partial charge in [0.25, 0.3) is 0 Å². The van der Waals surface area contributed by atoms with Crippen LogP contribution in [0.25, 0.3) is 0 Å². The summed E-state index contributed by atoms with van der Waals surface area (Å²) in [7, 11) is 0. The number of benzene rings is 2. The van der Waals surface area contributed by atoms with Gasteiger partial charge >= 0.3 is 11.8 Å². The molecule has 2 rings (SSSR count). The van der Waals surface area contributed by atoms with Crippen molar-refractivity contribution in [1.82, 2.24) is 5.32 Å². The van der Waals surface area contributed by atoms with Crippen LogP contribution in [-0.2, 0) is 16.1 Å². The normalized spacial score (nSPS) is 10.1. The molecule has 2 aromatic carbocycles. The van der Waals surface area contributed by atoms with E-state index in [1.165, 1.54) is 0 Å². The number of hydrogen-bond acceptors (Lipinski definition) is 2. The van der Waals surface area contributed by atoms with Gasteiger partial charge in [0.15, 0.2) is 0 Å². The first-order valence-corrected chi connectivity index (χ1v) is 6.56. The second kappa shape index (κ2) is 6.80. The van der Waals surface area contributed by atoms with E-state index in [2.05, 4.69) is 5.32 Å². The average molecular weight is 304 g/mol. The van der Waals surface area contributed by atoms with Gasteiger partial charge in [0, 0.05) is 12.6 Å². The van der Waals surface area contributed by atoms with Gasteiger partial charge < -0.3 is 10.6 Å². The molecule has 0 saturated heterocycles. The molecule has 4 nitrogen and oxygen atoms in total. The van der Waals surface area contributed by atoms with Gasteiger partial charge in [-0.2, -0.15) is 0 Å². The predicted octanol–water partition coefficient (Wildman–Crippen LogP) is 2.53. The number of anilines is 1. The summed E-state index contributed by atoms with van der Waals surface area (Å²) >= 11 is 0. The van der Waals surface area contributed by atoms with Crippen LogP contribution >= 0.6 is 0 Å². The molecular formula is C16H14F2N2O2. The third-order valence-electron chi connectivity index (χ3n) is 3.08. The van der Waals surface area contributed by atoms with Crippen molar-refractivity contribution in [3.05, 3.63) is 65.2 Å². The molecule has 0 unspecified atom stereocenters. The third-order valence-corrected chi connectivity index (χ3v) is 3.08. The smallest absolute Gasteiger partial charge is 0.313 e. The molecule has 0 aliphatic rings. The number of carbonyl (C=O) groups excluding carboxylic acids is 2. The summed E-state index contributed by atoms with van der Waals surface area (Å²) < 4.78 is 26.4. The van der Waals surface area contributed by atoms with E-state index in [-0.39, 0.29) is 12.2 Å². The van der Waals surface area contributed by atoms with Gasteiger partial charge in [-0.15, -0.1) is 0 Å². The van der Waals surface area contributed by atoms with Crippen molar-refractivity contribution in [1.29, 1.82) is 0 Å². The van der Waals surface area contributed by atoms with Crippen molar-refractivity contribution < 1.29 is 18.4 Å². The maximum atomic E-state index is 13.4. The van der Waals surface area contributed by atoms with Crippen molar-refractivity contribution in [2.75, 3.05) is 5.32 Å². The van der Waals surface area contributed by atoms with Crippen molar-refractivity contribution in [2.24, 2.45) is 0 Å². The van der Waals surface area contributed by atoms with Crippen LogP contribution in [0.4, 0.5) is 14.5 Å². The van der Waals surface area contributed by atoms with Crippen molar-refractivity contribution >= 4 is 17.5 Å². The number of hydrogen-bond donors (Lipinski definition) is 2. The minimum atomic E-state index is -1.06. The van der Waals surface area contributed by atoms with E-state index in [0.29, 0.717) is 0 Å². The van der Waals surface area contributed by atoms with Crippen LogP contribution in [0.5, 0.6) is 0 Å². The van der Waals surface area contributed by atoms with E-state index < -0.39 is 23.4 Å². The molecule has 2 amide bonds. The Morgan fingerprint density at radius 1 is 1.05 bits per heavy atom. The fourth-order valence-corrected chi connectivity index (χ4v) is 1.84. The summed E-state index contributed by atoms with van der Waals surface area (Å²) in [5.41, 5.74) is 1.45. The lowest BCUT2D eigenvalue weighted by atomic mass is 10.1. The zero-order valence-electron chi connectivity index (χ0n) is 11.8. The van der Waals surface area contributed by atoms with Crippen LogP contribution in [0.2, 0.25) is 0 Å². The zero-order valence-corrected chi connectivity index (χ0v) is 11.8. The molecule has 0 atom stereocenters. The van der Waals surface area contributed by atoms with E-state index in [1.54, 1.807) is 0 Å². The average Bonchev–Trinajstić information content (AvgIpc) is 2.49. The van der Waals surface area contributed by atoms with Crippen molar-refractivity contribution in [3.63, 3.8) is 0 Å². The SMILES string of the molecule is Cc1ccccc1CNC(=O)C(=O)Nc1cc(F)ccc1F. The van der Waals surface area contributed by atoms with Gasteiger partial charge in [0.1, 0.15) is 11.6 Å². The third kappa shape index (κ3) is 3.88. The monoisotopic (exact) mass is 304 g/mol. The summed E-state index contributed by atoms with van der Waals surface area (Å²) in [5, 5.41) is 4.46. The molecule has 0 radical (unpaired) electrons. The van der Waals surface area contributed by atoms with Crippen LogP contribution in [-0.4, -0.2) is 11.8 Å². The molecular weight excluding hydrogens is 290 g/mol. The lowest BCUT2D eigenvalue weighted by molar-refractivity contribution is -0.136. The first kappa shape index (κ1) is 15.6. The van der Waals surface area contributed by atoms with E-state index in [9.17, 15) is 18.4 Å². The molecule has 0 spiro atoms. The van der Waals surface area contributed by atoms with Crippen LogP contribution in [0.1, 0.15) is 11.1 Å². The number of rotatable bonds is 3. The van der Waals surface area contributed by atoms with Crippen LogP contribution in [0.3, 0.4) is 0 Å². The van der Waals surface area contributed by atoms with Crippen LogP contribution in [0, 0.1) is 18.6 Å². The highest BCUT2D eigenvalue weighted by molar-refractivity contribution is 6.39. The Morgan fingerprint density at radius 3 is 2.50 bits per heavy atom. The molecule has 0 saturated carbocycles. The number of nitrogens with one attached hydrogen (secondary N) is 2. The molecule has 2 aromatic rings. The van der Waals surface area contributed by atoms with E-state index in [4.69, 9.17) is 0 Å². The number of carbonyl (C=O) groups is 2. The Labute approximate surface area is 126 Å². The zero-order chi connectivity index (χ0) is 16.1. The fourth-order valence-electron chi connectivity index (χ4n) is 1.84. The van der Waals surface area contributed by atoms with Crippen LogP contribution < -0.4 is 10.6 Å². The Bertz CT molecular complexity index is 717. The summed E-state index contributed by atoms with van der Waals surface area (Å²) in [4.78, 5) is 23.4. The molecule has 2 N–H and O–H groups in total. The number of aryl methyl sites for hydroxylation is 1. The van der Waals surface area contributed by atoms with E-state index >= 15 is 0 Å². The van der Waals surface area contributed by atoms with Gasteiger partial charge in [0.05, 0.1) is 5.69 Å². The Kier molecular flexibility index (Phi) is 4.83. The predicted molar refractivity (Wildman–Crippen MR) is 78.0 cm³/mol. The standard InChI is InChI=1S/C16H14F2N2O2/c1-10-4-2-3-5-11(10)9-19-15(21)16(22)20-14-8-12(17)6-7-13(14)18/h2-8H,9H2,1H3,(H,19,21)(H,20,22). The first-order valence-electron chi connectivity index (χ1n) is 6.56. The van der Waals surface area contributed by atoms with Crippen LogP contribution in [0.15, 0.2) is 42.5 Å². The number of amides is 2. The maximum absolute atomic E-state index is 13.4. The number of halogens is 2. The molecule has 0 fully saturated rings. The molecule has 0 aliphatic heterocycles. The summed E-state index contributed by atoms with van der Waals surface area (Å²) in [6, 6.07) is 9.97. The van der Waals surface area contributed by atoms with Crippen molar-refractivity contribution in [3.8, 4) is 0 Å². The lowest BCUT2D eigenvalue weighted by Crippen LogP contribution is -2.35. The maximum Gasteiger partial charge on any atom is 0.313 e. The van der Waals surface area contributed by atoms with E-state index in [1.807, 2.05) is 36.5 Å². The van der Waals surface area contributed by atoms with Gasteiger partial charge in [-0.1, -0.05) is 24.3 Å². The molecule has 22 heavy (non-hydrogen) atoms. The minimum absolute atomic E-state index is 0.171. The summed E-state index contributed by atoms with van der Waals surface area (Å²) in [5.74, 6) is -3.51. The van der Waals surface area contributed by atoms with Gasteiger partial charge in [-0.05, 0) is 30.2 Å². The highest BCUT2D eigenvalue weighted by Gasteiger charge is 2.16. The van der Waals surface area contributed by atoms with Gasteiger partial charge in [-0.3, -0.25) is 9.59 Å². The molecule has 0 bridgehead atoms. The molecule has 6 heteroatoms.